The van der Waals surface area contributed by atoms with Gasteiger partial charge in [-0.05, 0) is 46.8 Å². The van der Waals surface area contributed by atoms with Gasteiger partial charge in [-0.15, -0.1) is 0 Å². The lowest BCUT2D eigenvalue weighted by atomic mass is 10.1. The number of carbonyl (C=O) groups is 1. The SMILES string of the molecule is N=C1/C(=C\c2ccc(Sc3cccc4ccccc34)o2)C(=O)N=C2SC(c3ccccc3)=NN12. The second kappa shape index (κ2) is 8.48. The van der Waals surface area contributed by atoms with Crippen molar-refractivity contribution in [2.75, 3.05) is 0 Å². The third-order valence-corrected chi connectivity index (χ3v) is 7.28. The molecule has 0 saturated carbocycles. The molecule has 164 valence electrons. The van der Waals surface area contributed by atoms with Crippen molar-refractivity contribution in [3.63, 3.8) is 0 Å². The Kier molecular flexibility index (Phi) is 5.16. The molecule has 4 aromatic rings. The van der Waals surface area contributed by atoms with E-state index < -0.39 is 5.91 Å². The van der Waals surface area contributed by atoms with Crippen molar-refractivity contribution < 1.29 is 9.21 Å². The molecule has 1 amide bonds. The summed E-state index contributed by atoms with van der Waals surface area (Å²) in [6, 6.07) is 27.6. The van der Waals surface area contributed by atoms with Gasteiger partial charge in [-0.2, -0.15) is 15.1 Å². The second-order valence-electron chi connectivity index (χ2n) is 7.53. The summed E-state index contributed by atoms with van der Waals surface area (Å²) in [5, 5.41) is 18.6. The summed E-state index contributed by atoms with van der Waals surface area (Å²) in [4.78, 5) is 17.9. The van der Waals surface area contributed by atoms with Crippen molar-refractivity contribution in [3.8, 4) is 0 Å². The predicted molar refractivity (Wildman–Crippen MR) is 137 cm³/mol. The third-order valence-electron chi connectivity index (χ3n) is 5.32. The molecule has 2 aliphatic heterocycles. The van der Waals surface area contributed by atoms with E-state index in [1.54, 1.807) is 12.1 Å². The minimum atomic E-state index is -0.479. The summed E-state index contributed by atoms with van der Waals surface area (Å²) in [6.45, 7) is 0. The molecule has 1 aromatic heterocycles. The molecule has 6 nitrogen and oxygen atoms in total. The largest absolute Gasteiger partial charge is 0.450 e. The van der Waals surface area contributed by atoms with Gasteiger partial charge in [0.15, 0.2) is 10.9 Å². The van der Waals surface area contributed by atoms with Crippen LogP contribution < -0.4 is 0 Å². The minimum Gasteiger partial charge on any atom is -0.450 e. The second-order valence-corrected chi connectivity index (χ2v) is 9.53. The highest BCUT2D eigenvalue weighted by Gasteiger charge is 2.36. The molecule has 34 heavy (non-hydrogen) atoms. The molecule has 1 N–H and O–H groups in total. The van der Waals surface area contributed by atoms with Crippen LogP contribution in [0.5, 0.6) is 0 Å². The maximum Gasteiger partial charge on any atom is 0.283 e. The summed E-state index contributed by atoms with van der Waals surface area (Å²) < 4.78 is 5.97. The van der Waals surface area contributed by atoms with Crippen molar-refractivity contribution in [1.29, 1.82) is 5.41 Å². The van der Waals surface area contributed by atoms with Crippen LogP contribution in [0.2, 0.25) is 0 Å². The first kappa shape index (κ1) is 20.7. The number of carbonyl (C=O) groups excluding carboxylic acids is 1. The number of amidine groups is 2. The molecule has 0 bridgehead atoms. The Morgan fingerprint density at radius 2 is 1.74 bits per heavy atom. The highest BCUT2D eigenvalue weighted by Crippen LogP contribution is 2.35. The molecule has 0 saturated heterocycles. The van der Waals surface area contributed by atoms with Gasteiger partial charge in [0.1, 0.15) is 10.8 Å². The van der Waals surface area contributed by atoms with Crippen molar-refractivity contribution in [3.05, 3.63) is 102 Å². The van der Waals surface area contributed by atoms with Gasteiger partial charge < -0.3 is 4.42 Å². The molecule has 0 unspecified atom stereocenters. The summed E-state index contributed by atoms with van der Waals surface area (Å²) in [6.07, 6.45) is 1.55. The molecule has 0 fully saturated rings. The average Bonchev–Trinajstić information content (AvgIpc) is 3.50. The Hall–Kier alpha value is -3.88. The van der Waals surface area contributed by atoms with Crippen LogP contribution in [0, 0.1) is 5.41 Å². The number of aliphatic imine (C=N–C) groups is 1. The van der Waals surface area contributed by atoms with Crippen molar-refractivity contribution in [2.24, 2.45) is 10.1 Å². The maximum atomic E-state index is 12.7. The topological polar surface area (TPSA) is 82.0 Å². The molecule has 2 aliphatic rings. The van der Waals surface area contributed by atoms with Crippen molar-refractivity contribution >= 4 is 62.3 Å². The molecule has 0 atom stereocenters. The lowest BCUT2D eigenvalue weighted by molar-refractivity contribution is -0.114. The van der Waals surface area contributed by atoms with E-state index in [9.17, 15) is 4.79 Å². The van der Waals surface area contributed by atoms with Crippen LogP contribution >= 0.6 is 23.5 Å². The number of hydrogen-bond donors (Lipinski definition) is 1. The van der Waals surface area contributed by atoms with Gasteiger partial charge in [0, 0.05) is 10.5 Å². The van der Waals surface area contributed by atoms with Crippen molar-refractivity contribution in [1.82, 2.24) is 5.01 Å². The van der Waals surface area contributed by atoms with Gasteiger partial charge in [0.2, 0.25) is 5.17 Å². The normalized spacial score (nSPS) is 16.7. The molecule has 3 heterocycles. The molecule has 6 rings (SSSR count). The van der Waals surface area contributed by atoms with Crippen LogP contribution in [0.4, 0.5) is 0 Å². The van der Waals surface area contributed by atoms with Crippen molar-refractivity contribution in [2.45, 2.75) is 9.99 Å². The molecule has 8 heteroatoms. The molecular formula is C26H16N4O2S2. The number of thioether (sulfide) groups is 1. The highest BCUT2D eigenvalue weighted by atomic mass is 32.2. The van der Waals surface area contributed by atoms with Gasteiger partial charge in [-0.25, -0.2) is 0 Å². The van der Waals surface area contributed by atoms with E-state index in [1.807, 2.05) is 54.6 Å². The minimum absolute atomic E-state index is 0.0203. The Morgan fingerprint density at radius 3 is 2.62 bits per heavy atom. The van der Waals surface area contributed by atoms with E-state index in [0.29, 0.717) is 21.1 Å². The first-order valence-corrected chi connectivity index (χ1v) is 12.1. The zero-order valence-electron chi connectivity index (χ0n) is 17.6. The molecule has 0 radical (unpaired) electrons. The predicted octanol–water partition coefficient (Wildman–Crippen LogP) is 6.25. The van der Waals surface area contributed by atoms with Crippen LogP contribution in [0.15, 0.2) is 115 Å². The monoisotopic (exact) mass is 480 g/mol. The Balaban J connectivity index is 1.27. The zero-order valence-corrected chi connectivity index (χ0v) is 19.3. The van der Waals surface area contributed by atoms with E-state index in [-0.39, 0.29) is 11.4 Å². The van der Waals surface area contributed by atoms with Gasteiger partial charge in [-0.1, -0.05) is 78.5 Å². The summed E-state index contributed by atoms with van der Waals surface area (Å²) in [7, 11) is 0. The number of hydrogen-bond acceptors (Lipinski definition) is 6. The molecule has 0 spiro atoms. The fourth-order valence-electron chi connectivity index (χ4n) is 3.69. The number of amides is 1. The highest BCUT2D eigenvalue weighted by molar-refractivity contribution is 8.27. The number of nitrogens with one attached hydrogen (secondary N) is 1. The van der Waals surface area contributed by atoms with Gasteiger partial charge in [0.05, 0.1) is 5.57 Å². The van der Waals surface area contributed by atoms with Gasteiger partial charge in [0.25, 0.3) is 5.91 Å². The first-order chi connectivity index (χ1) is 16.7. The molecule has 0 aliphatic carbocycles. The number of fused-ring (bicyclic) bond motifs is 2. The van der Waals surface area contributed by atoms with Gasteiger partial charge in [-0.3, -0.25) is 10.2 Å². The molecular weight excluding hydrogens is 464 g/mol. The van der Waals surface area contributed by atoms with Gasteiger partial charge >= 0.3 is 0 Å². The van der Waals surface area contributed by atoms with E-state index in [2.05, 4.69) is 34.4 Å². The first-order valence-electron chi connectivity index (χ1n) is 10.5. The van der Waals surface area contributed by atoms with Crippen LogP contribution in [0.25, 0.3) is 16.8 Å². The van der Waals surface area contributed by atoms with Crippen LogP contribution in [-0.4, -0.2) is 27.0 Å². The lowest BCUT2D eigenvalue weighted by Crippen LogP contribution is -2.35. The van der Waals surface area contributed by atoms with E-state index >= 15 is 0 Å². The summed E-state index contributed by atoms with van der Waals surface area (Å²) in [5.41, 5.74) is 1.05. The Bertz CT molecular complexity index is 1550. The lowest BCUT2D eigenvalue weighted by Gasteiger charge is -2.19. The van der Waals surface area contributed by atoms with Crippen LogP contribution in [0.1, 0.15) is 11.3 Å². The maximum absolute atomic E-state index is 12.7. The standard InChI is InChI=1S/C26H16N4O2S2/c27-23-20(24(31)28-26-30(23)29-25(34-26)17-8-2-1-3-9-17)15-18-13-14-22(32-18)33-21-12-6-10-16-7-4-5-11-19(16)21/h1-15,27H/b20-15+,27-23?. The number of rotatable bonds is 4. The van der Waals surface area contributed by atoms with E-state index in [4.69, 9.17) is 9.83 Å². The zero-order chi connectivity index (χ0) is 23.1. The Morgan fingerprint density at radius 1 is 0.941 bits per heavy atom. The number of hydrazone groups is 1. The van der Waals surface area contributed by atoms with Crippen LogP contribution in [0.3, 0.4) is 0 Å². The fraction of sp³-hybridized carbons (Fsp3) is 0. The third kappa shape index (κ3) is 3.76. The fourth-order valence-corrected chi connectivity index (χ4v) is 5.52. The van der Waals surface area contributed by atoms with Crippen LogP contribution in [-0.2, 0) is 4.79 Å². The summed E-state index contributed by atoms with van der Waals surface area (Å²) in [5.74, 6) is -0.0189. The van der Waals surface area contributed by atoms with E-state index in [1.165, 1.54) is 28.5 Å². The average molecular weight is 481 g/mol. The van der Waals surface area contributed by atoms with E-state index in [0.717, 1.165) is 21.2 Å². The number of benzene rings is 3. The molecule has 3 aromatic carbocycles. The number of furan rings is 1. The smallest absolute Gasteiger partial charge is 0.283 e. The quantitative estimate of drug-likeness (QED) is 0.349. The Labute approximate surface area is 203 Å². The number of nitrogens with zero attached hydrogens (tertiary/aromatic N) is 3. The summed E-state index contributed by atoms with van der Waals surface area (Å²) >= 11 is 2.80.